The van der Waals surface area contributed by atoms with Gasteiger partial charge in [0, 0.05) is 6.42 Å². The number of aliphatic hydroxyl groups is 2. The monoisotopic (exact) mass is 904 g/mol. The first-order chi connectivity index (χ1) is 32.0. The highest BCUT2D eigenvalue weighted by molar-refractivity contribution is 5.77. The summed E-state index contributed by atoms with van der Waals surface area (Å²) in [6.07, 6.45) is 68.9. The number of hydrogen-bond acceptors (Lipinski definition) is 5. The lowest BCUT2D eigenvalue weighted by atomic mass is 10.0. The SMILES string of the molecule is CC/C=C\C/C=C\C/C=C\C/C=C\C/C=C\CCCC(=O)OC(CCCCC/C=C/C=C/C=C/CCCCCCC)CC(=O)NC(CO)C(O)CCCCCCCCCCCCCCC. The van der Waals surface area contributed by atoms with Gasteiger partial charge in [0.1, 0.15) is 6.10 Å². The molecule has 3 atom stereocenters. The maximum atomic E-state index is 13.2. The number of hydrogen-bond donors (Lipinski definition) is 3. The van der Waals surface area contributed by atoms with Crippen LogP contribution in [0.5, 0.6) is 0 Å². The van der Waals surface area contributed by atoms with E-state index in [0.717, 1.165) is 89.9 Å². The number of ether oxygens (including phenoxy) is 1. The Morgan fingerprint density at radius 3 is 1.38 bits per heavy atom. The van der Waals surface area contributed by atoms with Gasteiger partial charge in [-0.1, -0.05) is 234 Å². The van der Waals surface area contributed by atoms with Crippen LogP contribution in [0.3, 0.4) is 0 Å². The fourth-order valence-corrected chi connectivity index (χ4v) is 7.64. The molecule has 0 bridgehead atoms. The highest BCUT2D eigenvalue weighted by Crippen LogP contribution is 2.17. The van der Waals surface area contributed by atoms with Gasteiger partial charge >= 0.3 is 5.97 Å². The summed E-state index contributed by atoms with van der Waals surface area (Å²) < 4.78 is 5.90. The molecule has 0 aliphatic carbocycles. The van der Waals surface area contributed by atoms with Crippen LogP contribution in [-0.2, 0) is 14.3 Å². The van der Waals surface area contributed by atoms with Gasteiger partial charge in [-0.2, -0.15) is 0 Å². The summed E-state index contributed by atoms with van der Waals surface area (Å²) in [5, 5.41) is 23.8. The maximum absolute atomic E-state index is 13.2. The smallest absolute Gasteiger partial charge is 0.306 e. The molecule has 0 saturated heterocycles. The second-order valence-corrected chi connectivity index (χ2v) is 18.0. The van der Waals surface area contributed by atoms with E-state index < -0.39 is 18.2 Å². The molecule has 65 heavy (non-hydrogen) atoms. The Bertz CT molecular complexity index is 1290. The molecule has 0 aliphatic heterocycles. The normalized spacial score (nSPS) is 14.0. The number of nitrogens with one attached hydrogen (secondary N) is 1. The van der Waals surface area contributed by atoms with E-state index >= 15 is 0 Å². The summed E-state index contributed by atoms with van der Waals surface area (Å²) in [5.41, 5.74) is 0. The highest BCUT2D eigenvalue weighted by atomic mass is 16.5. The van der Waals surface area contributed by atoms with Gasteiger partial charge in [0.25, 0.3) is 0 Å². The van der Waals surface area contributed by atoms with E-state index in [2.05, 4.69) is 123 Å². The van der Waals surface area contributed by atoms with Crippen molar-refractivity contribution in [1.82, 2.24) is 5.32 Å². The van der Waals surface area contributed by atoms with Crippen molar-refractivity contribution in [3.05, 3.63) is 97.2 Å². The second kappa shape index (κ2) is 51.8. The Morgan fingerprint density at radius 1 is 0.477 bits per heavy atom. The summed E-state index contributed by atoms with van der Waals surface area (Å²) in [6.45, 7) is 6.33. The minimum absolute atomic E-state index is 0.0272. The number of amides is 1. The molecular weight excluding hydrogens is 803 g/mol. The second-order valence-electron chi connectivity index (χ2n) is 18.0. The molecule has 0 aromatic rings. The minimum Gasteiger partial charge on any atom is -0.462 e. The molecule has 0 aliphatic rings. The van der Waals surface area contributed by atoms with Crippen molar-refractivity contribution < 1.29 is 24.5 Å². The Balaban J connectivity index is 4.77. The van der Waals surface area contributed by atoms with Crippen LogP contribution in [0.1, 0.15) is 239 Å². The standard InChI is InChI=1S/C59H101NO5/c1-4-7-10-13-16-19-22-25-27-29-31-34-37-40-43-46-49-52-59(64)65-55(50-47-44-41-38-35-33-30-28-26-23-20-17-14-11-8-5-2)53-58(63)60-56(54-61)57(62)51-48-45-42-39-36-32-24-21-18-15-12-9-6-3/h7,10,16,19,23,25-28,30-31,33-35,40,43,55-57,61-62H,4-6,8-9,11-15,17-18,20-22,24,29,32,36-39,41-42,44-54H2,1-3H3,(H,60,63)/b10-7-,19-16-,26-23+,27-25-,30-28+,34-31-,35-33+,43-40-. The summed E-state index contributed by atoms with van der Waals surface area (Å²) in [5.74, 6) is -0.582. The molecule has 0 aromatic carbocycles. The quantitative estimate of drug-likeness (QED) is 0.0245. The van der Waals surface area contributed by atoms with Crippen LogP contribution >= 0.6 is 0 Å². The zero-order valence-electron chi connectivity index (χ0n) is 42.3. The Kier molecular flexibility index (Phi) is 49.2. The molecule has 0 saturated carbocycles. The third kappa shape index (κ3) is 47.1. The maximum Gasteiger partial charge on any atom is 0.306 e. The highest BCUT2D eigenvalue weighted by Gasteiger charge is 2.24. The predicted octanol–water partition coefficient (Wildman–Crippen LogP) is 16.5. The average molecular weight is 904 g/mol. The van der Waals surface area contributed by atoms with Crippen molar-refractivity contribution in [3.8, 4) is 0 Å². The Morgan fingerprint density at radius 2 is 0.892 bits per heavy atom. The molecule has 0 radical (unpaired) electrons. The zero-order chi connectivity index (χ0) is 47.4. The van der Waals surface area contributed by atoms with Crippen LogP contribution in [0.4, 0.5) is 0 Å². The molecule has 6 nitrogen and oxygen atoms in total. The van der Waals surface area contributed by atoms with Gasteiger partial charge in [0.2, 0.25) is 5.91 Å². The third-order valence-corrected chi connectivity index (χ3v) is 11.7. The fraction of sp³-hybridized carbons (Fsp3) is 0.695. The lowest BCUT2D eigenvalue weighted by Gasteiger charge is -2.24. The fourth-order valence-electron chi connectivity index (χ4n) is 7.64. The number of unbranched alkanes of at least 4 members (excludes halogenated alkanes) is 21. The molecule has 0 spiro atoms. The summed E-state index contributed by atoms with van der Waals surface area (Å²) in [7, 11) is 0. The van der Waals surface area contributed by atoms with E-state index in [0.29, 0.717) is 25.7 Å². The van der Waals surface area contributed by atoms with Gasteiger partial charge in [-0.15, -0.1) is 0 Å². The van der Waals surface area contributed by atoms with Crippen LogP contribution in [0.15, 0.2) is 97.2 Å². The van der Waals surface area contributed by atoms with Gasteiger partial charge in [0.05, 0.1) is 25.2 Å². The zero-order valence-corrected chi connectivity index (χ0v) is 42.3. The minimum atomic E-state index is -0.812. The summed E-state index contributed by atoms with van der Waals surface area (Å²) >= 11 is 0. The molecule has 6 heteroatoms. The van der Waals surface area contributed by atoms with Gasteiger partial charge in [-0.3, -0.25) is 9.59 Å². The molecule has 0 heterocycles. The molecule has 0 aromatic heterocycles. The van der Waals surface area contributed by atoms with Crippen LogP contribution < -0.4 is 5.32 Å². The van der Waals surface area contributed by atoms with Crippen LogP contribution in [0, 0.1) is 0 Å². The topological polar surface area (TPSA) is 95.9 Å². The van der Waals surface area contributed by atoms with Crippen LogP contribution in [-0.4, -0.2) is 46.9 Å². The lowest BCUT2D eigenvalue weighted by Crippen LogP contribution is -2.46. The predicted molar refractivity (Wildman–Crippen MR) is 282 cm³/mol. The van der Waals surface area contributed by atoms with Gasteiger partial charge in [-0.05, 0) is 89.9 Å². The van der Waals surface area contributed by atoms with Crippen LogP contribution in [0.2, 0.25) is 0 Å². The first-order valence-electron chi connectivity index (χ1n) is 27.0. The van der Waals surface area contributed by atoms with E-state index in [9.17, 15) is 19.8 Å². The molecule has 0 fully saturated rings. The number of aliphatic hydroxyl groups excluding tert-OH is 2. The van der Waals surface area contributed by atoms with E-state index in [-0.39, 0.29) is 24.9 Å². The largest absolute Gasteiger partial charge is 0.462 e. The number of esters is 1. The molecule has 0 rings (SSSR count). The summed E-state index contributed by atoms with van der Waals surface area (Å²) in [4.78, 5) is 26.2. The van der Waals surface area contributed by atoms with Gasteiger partial charge in [0.15, 0.2) is 0 Å². The molecule has 3 unspecified atom stereocenters. The van der Waals surface area contributed by atoms with Crippen LogP contribution in [0.25, 0.3) is 0 Å². The number of rotatable bonds is 47. The van der Waals surface area contributed by atoms with Crippen molar-refractivity contribution in [2.45, 2.75) is 257 Å². The van der Waals surface area contributed by atoms with E-state index in [4.69, 9.17) is 4.74 Å². The molecule has 3 N–H and O–H groups in total. The van der Waals surface area contributed by atoms with E-state index in [1.807, 2.05) is 0 Å². The Labute approximate surface area is 401 Å². The van der Waals surface area contributed by atoms with Gasteiger partial charge in [-0.25, -0.2) is 0 Å². The van der Waals surface area contributed by atoms with Crippen molar-refractivity contribution in [1.29, 1.82) is 0 Å². The van der Waals surface area contributed by atoms with Crippen molar-refractivity contribution in [2.24, 2.45) is 0 Å². The first kappa shape index (κ1) is 61.8. The summed E-state index contributed by atoms with van der Waals surface area (Å²) in [6, 6.07) is -0.730. The third-order valence-electron chi connectivity index (χ3n) is 11.7. The number of carbonyl (C=O) groups is 2. The molecule has 372 valence electrons. The van der Waals surface area contributed by atoms with E-state index in [1.165, 1.54) is 96.3 Å². The molecular formula is C59H101NO5. The first-order valence-corrected chi connectivity index (χ1v) is 27.0. The number of carbonyl (C=O) groups excluding carboxylic acids is 2. The number of allylic oxidation sites excluding steroid dienone is 16. The van der Waals surface area contributed by atoms with E-state index in [1.54, 1.807) is 0 Å². The van der Waals surface area contributed by atoms with Crippen molar-refractivity contribution >= 4 is 11.9 Å². The lowest BCUT2D eigenvalue weighted by molar-refractivity contribution is -0.151. The molecule has 1 amide bonds. The average Bonchev–Trinajstić information content (AvgIpc) is 3.30. The Hall–Kier alpha value is -3.22. The van der Waals surface area contributed by atoms with Crippen molar-refractivity contribution in [3.63, 3.8) is 0 Å². The van der Waals surface area contributed by atoms with Gasteiger partial charge < -0.3 is 20.3 Å². The van der Waals surface area contributed by atoms with Crippen molar-refractivity contribution in [2.75, 3.05) is 6.61 Å².